The first-order chi connectivity index (χ1) is 7.99. The van der Waals surface area contributed by atoms with Crippen molar-refractivity contribution >= 4 is 21.9 Å². The highest BCUT2D eigenvalue weighted by Gasteiger charge is 2.14. The topological polar surface area (TPSA) is 55.1 Å². The Bertz CT molecular complexity index is 595. The number of aromatic nitrogens is 2. The second-order valence-corrected chi connectivity index (χ2v) is 4.42. The van der Waals surface area contributed by atoms with Crippen LogP contribution >= 0.6 is 15.9 Å². The van der Waals surface area contributed by atoms with Crippen molar-refractivity contribution in [2.24, 2.45) is 0 Å². The third-order valence-corrected chi connectivity index (χ3v) is 2.75. The van der Waals surface area contributed by atoms with Gasteiger partial charge in [0.2, 0.25) is 0 Å². The molecule has 1 heterocycles. The SMILES string of the molecule is Cc1cn(-c2ccc(Br)cc2F)nc1C(=O)O. The summed E-state index contributed by atoms with van der Waals surface area (Å²) in [6.45, 7) is 1.61. The van der Waals surface area contributed by atoms with Gasteiger partial charge < -0.3 is 5.11 Å². The van der Waals surface area contributed by atoms with Crippen LogP contribution in [-0.4, -0.2) is 20.9 Å². The average molecular weight is 299 g/mol. The van der Waals surface area contributed by atoms with Crippen LogP contribution < -0.4 is 0 Å². The molecular formula is C11H8BrFN2O2. The number of aryl methyl sites for hydroxylation is 1. The van der Waals surface area contributed by atoms with Crippen molar-refractivity contribution in [3.8, 4) is 5.69 Å². The zero-order chi connectivity index (χ0) is 12.6. The van der Waals surface area contributed by atoms with Crippen molar-refractivity contribution in [3.63, 3.8) is 0 Å². The maximum absolute atomic E-state index is 13.6. The Morgan fingerprint density at radius 1 is 1.53 bits per heavy atom. The quantitative estimate of drug-likeness (QED) is 0.927. The van der Waals surface area contributed by atoms with Crippen LogP contribution in [0.25, 0.3) is 5.69 Å². The summed E-state index contributed by atoms with van der Waals surface area (Å²) in [5.74, 6) is -1.60. The predicted molar refractivity (Wildman–Crippen MR) is 62.9 cm³/mol. The molecule has 1 N–H and O–H groups in total. The molecule has 88 valence electrons. The Morgan fingerprint density at radius 2 is 2.24 bits per heavy atom. The van der Waals surface area contributed by atoms with E-state index in [2.05, 4.69) is 21.0 Å². The van der Waals surface area contributed by atoms with E-state index in [0.29, 0.717) is 10.0 Å². The normalized spacial score (nSPS) is 10.5. The Labute approximate surface area is 105 Å². The first kappa shape index (κ1) is 11.8. The number of hydrogen-bond donors (Lipinski definition) is 1. The van der Waals surface area contributed by atoms with Gasteiger partial charge in [0, 0.05) is 16.2 Å². The van der Waals surface area contributed by atoms with E-state index in [0.717, 1.165) is 0 Å². The molecule has 0 aliphatic carbocycles. The van der Waals surface area contributed by atoms with Crippen LogP contribution in [0.4, 0.5) is 4.39 Å². The third-order valence-electron chi connectivity index (χ3n) is 2.26. The fourth-order valence-electron chi connectivity index (χ4n) is 1.46. The van der Waals surface area contributed by atoms with Crippen LogP contribution in [0.1, 0.15) is 16.1 Å². The highest BCUT2D eigenvalue weighted by Crippen LogP contribution is 2.19. The van der Waals surface area contributed by atoms with Crippen LogP contribution in [0.15, 0.2) is 28.9 Å². The van der Waals surface area contributed by atoms with Gasteiger partial charge in [0.15, 0.2) is 5.69 Å². The minimum atomic E-state index is -1.13. The van der Waals surface area contributed by atoms with Crippen LogP contribution in [0.5, 0.6) is 0 Å². The van der Waals surface area contributed by atoms with Gasteiger partial charge in [-0.25, -0.2) is 13.9 Å². The molecule has 0 amide bonds. The van der Waals surface area contributed by atoms with Crippen molar-refractivity contribution in [2.45, 2.75) is 6.92 Å². The van der Waals surface area contributed by atoms with Crippen molar-refractivity contribution < 1.29 is 14.3 Å². The van der Waals surface area contributed by atoms with Crippen molar-refractivity contribution in [2.75, 3.05) is 0 Å². The molecule has 0 unspecified atom stereocenters. The molecule has 0 radical (unpaired) electrons. The largest absolute Gasteiger partial charge is 0.476 e. The Kier molecular flexibility index (Phi) is 2.97. The average Bonchev–Trinajstić information content (AvgIpc) is 2.60. The number of halogens is 2. The number of benzene rings is 1. The van der Waals surface area contributed by atoms with Crippen LogP contribution in [-0.2, 0) is 0 Å². The molecule has 2 rings (SSSR count). The molecule has 0 bridgehead atoms. The van der Waals surface area contributed by atoms with Gasteiger partial charge in [0.1, 0.15) is 11.5 Å². The highest BCUT2D eigenvalue weighted by atomic mass is 79.9. The molecule has 1 aromatic carbocycles. The summed E-state index contributed by atoms with van der Waals surface area (Å²) in [7, 11) is 0. The van der Waals surface area contributed by atoms with Gasteiger partial charge in [-0.2, -0.15) is 5.10 Å². The zero-order valence-corrected chi connectivity index (χ0v) is 10.4. The van der Waals surface area contributed by atoms with Gasteiger partial charge in [-0.05, 0) is 25.1 Å². The lowest BCUT2D eigenvalue weighted by Gasteiger charge is -2.02. The molecule has 2 aromatic rings. The highest BCUT2D eigenvalue weighted by molar-refractivity contribution is 9.10. The first-order valence-corrected chi connectivity index (χ1v) is 5.53. The van der Waals surface area contributed by atoms with Crippen molar-refractivity contribution in [3.05, 3.63) is 45.9 Å². The lowest BCUT2D eigenvalue weighted by Crippen LogP contribution is -2.03. The monoisotopic (exact) mass is 298 g/mol. The number of hydrogen-bond acceptors (Lipinski definition) is 2. The summed E-state index contributed by atoms with van der Waals surface area (Å²) >= 11 is 3.15. The van der Waals surface area contributed by atoms with E-state index in [1.807, 2.05) is 0 Å². The minimum absolute atomic E-state index is 0.0766. The van der Waals surface area contributed by atoms with E-state index in [9.17, 15) is 9.18 Å². The number of aromatic carboxylic acids is 1. The van der Waals surface area contributed by atoms with E-state index in [1.165, 1.54) is 23.0 Å². The summed E-state index contributed by atoms with van der Waals surface area (Å²) in [5, 5.41) is 12.7. The third kappa shape index (κ3) is 2.21. The molecule has 0 atom stereocenters. The molecule has 4 nitrogen and oxygen atoms in total. The van der Waals surface area contributed by atoms with Gasteiger partial charge >= 0.3 is 5.97 Å². The van der Waals surface area contributed by atoms with Gasteiger partial charge in [-0.15, -0.1) is 0 Å². The summed E-state index contributed by atoms with van der Waals surface area (Å²) in [5.41, 5.74) is 0.621. The second kappa shape index (κ2) is 4.29. The molecule has 0 saturated heterocycles. The molecule has 0 aliphatic rings. The lowest BCUT2D eigenvalue weighted by molar-refractivity contribution is 0.0689. The molecule has 1 aromatic heterocycles. The lowest BCUT2D eigenvalue weighted by atomic mass is 10.3. The Balaban J connectivity index is 2.53. The van der Waals surface area contributed by atoms with Gasteiger partial charge in [0.25, 0.3) is 0 Å². The summed E-state index contributed by atoms with van der Waals surface area (Å²) < 4.78 is 15.5. The van der Waals surface area contributed by atoms with E-state index < -0.39 is 11.8 Å². The van der Waals surface area contributed by atoms with Crippen molar-refractivity contribution in [1.29, 1.82) is 0 Å². The maximum atomic E-state index is 13.6. The summed E-state index contributed by atoms with van der Waals surface area (Å²) in [6, 6.07) is 4.49. The summed E-state index contributed by atoms with van der Waals surface area (Å²) in [6.07, 6.45) is 1.48. The Hall–Kier alpha value is -1.69. The number of rotatable bonds is 2. The smallest absolute Gasteiger partial charge is 0.356 e. The molecule has 6 heteroatoms. The fourth-order valence-corrected chi connectivity index (χ4v) is 1.80. The van der Waals surface area contributed by atoms with Crippen molar-refractivity contribution in [1.82, 2.24) is 9.78 Å². The number of carboxylic acid groups (broad SMARTS) is 1. The molecule has 0 aliphatic heterocycles. The van der Waals surface area contributed by atoms with E-state index in [1.54, 1.807) is 13.0 Å². The second-order valence-electron chi connectivity index (χ2n) is 3.51. The van der Waals surface area contributed by atoms with Crippen LogP contribution in [0.2, 0.25) is 0 Å². The first-order valence-electron chi connectivity index (χ1n) is 4.74. The predicted octanol–water partition coefficient (Wildman–Crippen LogP) is 2.78. The molecule has 0 spiro atoms. The van der Waals surface area contributed by atoms with Gasteiger partial charge in [-0.3, -0.25) is 0 Å². The van der Waals surface area contributed by atoms with E-state index in [4.69, 9.17) is 5.11 Å². The number of nitrogens with zero attached hydrogens (tertiary/aromatic N) is 2. The fraction of sp³-hybridized carbons (Fsp3) is 0.0909. The van der Waals surface area contributed by atoms with E-state index in [-0.39, 0.29) is 11.4 Å². The summed E-state index contributed by atoms with van der Waals surface area (Å²) in [4.78, 5) is 10.8. The van der Waals surface area contributed by atoms with Crippen LogP contribution in [0, 0.1) is 12.7 Å². The molecular weight excluding hydrogens is 291 g/mol. The maximum Gasteiger partial charge on any atom is 0.356 e. The van der Waals surface area contributed by atoms with Crippen LogP contribution in [0.3, 0.4) is 0 Å². The Morgan fingerprint density at radius 3 is 2.76 bits per heavy atom. The van der Waals surface area contributed by atoms with Gasteiger partial charge in [-0.1, -0.05) is 15.9 Å². The number of carbonyl (C=O) groups is 1. The molecule has 0 fully saturated rings. The standard InChI is InChI=1S/C11H8BrFN2O2/c1-6-5-15(14-10(6)11(16)17)9-3-2-7(12)4-8(9)13/h2-5H,1H3,(H,16,17). The van der Waals surface area contributed by atoms with Gasteiger partial charge in [0.05, 0.1) is 0 Å². The zero-order valence-electron chi connectivity index (χ0n) is 8.82. The number of carboxylic acids is 1. The molecule has 0 saturated carbocycles. The minimum Gasteiger partial charge on any atom is -0.476 e. The molecule has 17 heavy (non-hydrogen) atoms. The van der Waals surface area contributed by atoms with E-state index >= 15 is 0 Å².